The summed E-state index contributed by atoms with van der Waals surface area (Å²) in [6.07, 6.45) is 12.5. The molecule has 2 heterocycles. The van der Waals surface area contributed by atoms with Crippen molar-refractivity contribution in [1.29, 1.82) is 0 Å². The van der Waals surface area contributed by atoms with Gasteiger partial charge in [0, 0.05) is 13.0 Å². The fourth-order valence-electron chi connectivity index (χ4n) is 9.07. The van der Waals surface area contributed by atoms with Crippen molar-refractivity contribution in [3.8, 4) is 0 Å². The summed E-state index contributed by atoms with van der Waals surface area (Å²) in [7, 11) is 0. The third kappa shape index (κ3) is 4.05. The minimum Gasteiger partial charge on any atom is -0.393 e. The summed E-state index contributed by atoms with van der Waals surface area (Å²) < 4.78 is 5.36. The number of piperidine rings is 1. The molecule has 5 rings (SSSR count). The summed E-state index contributed by atoms with van der Waals surface area (Å²) in [4.78, 5) is 12.2. The van der Waals surface area contributed by atoms with Crippen LogP contribution in [0.2, 0.25) is 0 Å². The SMILES string of the molecule is CC12CCC3C(C(O)CC4CNCCC43C)C1CCC2CCCCC(=O)NC1CCOC1. The van der Waals surface area contributed by atoms with E-state index in [1.807, 2.05) is 0 Å². The molecular weight excluding hydrogens is 400 g/mol. The lowest BCUT2D eigenvalue weighted by atomic mass is 9.45. The molecule has 5 heteroatoms. The molecule has 5 nitrogen and oxygen atoms in total. The number of carbonyl (C=O) groups excluding carboxylic acids is 1. The number of carbonyl (C=O) groups is 1. The molecule has 0 radical (unpaired) electrons. The first kappa shape index (κ1) is 23.1. The maximum Gasteiger partial charge on any atom is 0.220 e. The van der Waals surface area contributed by atoms with E-state index in [4.69, 9.17) is 4.74 Å². The van der Waals surface area contributed by atoms with Gasteiger partial charge in [-0.05, 0) is 111 Å². The Balaban J connectivity index is 1.16. The minimum atomic E-state index is -0.107. The van der Waals surface area contributed by atoms with E-state index < -0.39 is 0 Å². The Labute approximate surface area is 194 Å². The van der Waals surface area contributed by atoms with Crippen LogP contribution < -0.4 is 10.6 Å². The van der Waals surface area contributed by atoms with Gasteiger partial charge >= 0.3 is 0 Å². The van der Waals surface area contributed by atoms with Crippen molar-refractivity contribution in [1.82, 2.24) is 10.6 Å². The Kier molecular flexibility index (Phi) is 6.63. The molecule has 0 aromatic carbocycles. The van der Waals surface area contributed by atoms with Gasteiger partial charge in [-0.1, -0.05) is 20.3 Å². The number of fused-ring (bicyclic) bond motifs is 5. The van der Waals surface area contributed by atoms with Crippen molar-refractivity contribution in [3.63, 3.8) is 0 Å². The zero-order valence-electron chi connectivity index (χ0n) is 20.4. The van der Waals surface area contributed by atoms with Gasteiger partial charge in [-0.3, -0.25) is 4.79 Å². The van der Waals surface area contributed by atoms with Gasteiger partial charge in [0.15, 0.2) is 0 Å². The Morgan fingerprint density at radius 1 is 1.09 bits per heavy atom. The van der Waals surface area contributed by atoms with Crippen LogP contribution in [0.1, 0.15) is 84.5 Å². The van der Waals surface area contributed by atoms with E-state index in [0.717, 1.165) is 51.3 Å². The topological polar surface area (TPSA) is 70.6 Å². The van der Waals surface area contributed by atoms with Crippen molar-refractivity contribution in [2.75, 3.05) is 26.3 Å². The molecule has 5 fully saturated rings. The van der Waals surface area contributed by atoms with Crippen LogP contribution >= 0.6 is 0 Å². The van der Waals surface area contributed by atoms with Crippen molar-refractivity contribution in [2.24, 2.45) is 40.4 Å². The number of rotatable bonds is 6. The Bertz CT molecular complexity index is 680. The number of nitrogens with one attached hydrogen (secondary N) is 2. The molecule has 1 amide bonds. The van der Waals surface area contributed by atoms with Crippen LogP contribution in [0.15, 0.2) is 0 Å². The number of aliphatic hydroxyl groups excluding tert-OH is 1. The summed E-state index contributed by atoms with van der Waals surface area (Å²) in [5.41, 5.74) is 0.813. The van der Waals surface area contributed by atoms with E-state index in [1.54, 1.807) is 0 Å². The van der Waals surface area contributed by atoms with Crippen molar-refractivity contribution in [2.45, 2.75) is 96.6 Å². The second-order valence-corrected chi connectivity index (χ2v) is 12.4. The van der Waals surface area contributed by atoms with Gasteiger partial charge in [0.05, 0.1) is 18.8 Å². The van der Waals surface area contributed by atoms with Gasteiger partial charge in [-0.15, -0.1) is 0 Å². The van der Waals surface area contributed by atoms with Crippen LogP contribution in [0.4, 0.5) is 0 Å². The lowest BCUT2D eigenvalue weighted by Crippen LogP contribution is -2.60. The number of unbranched alkanes of at least 4 members (excludes halogenated alkanes) is 1. The van der Waals surface area contributed by atoms with Crippen LogP contribution in [-0.4, -0.2) is 49.5 Å². The van der Waals surface area contributed by atoms with Gasteiger partial charge in [0.2, 0.25) is 5.91 Å². The monoisotopic (exact) mass is 446 g/mol. The molecule has 2 saturated heterocycles. The van der Waals surface area contributed by atoms with Crippen molar-refractivity contribution in [3.05, 3.63) is 0 Å². The Morgan fingerprint density at radius 3 is 2.75 bits per heavy atom. The van der Waals surface area contributed by atoms with E-state index in [1.165, 1.54) is 38.5 Å². The van der Waals surface area contributed by atoms with E-state index in [0.29, 0.717) is 47.5 Å². The first-order valence-corrected chi connectivity index (χ1v) is 13.7. The van der Waals surface area contributed by atoms with Crippen LogP contribution in [0, 0.1) is 40.4 Å². The zero-order chi connectivity index (χ0) is 22.3. The highest BCUT2D eigenvalue weighted by molar-refractivity contribution is 5.76. The molecular formula is C27H46N2O3. The normalized spacial score (nSPS) is 48.0. The fraction of sp³-hybridized carbons (Fsp3) is 0.963. The predicted molar refractivity (Wildman–Crippen MR) is 126 cm³/mol. The quantitative estimate of drug-likeness (QED) is 0.542. The lowest BCUT2D eigenvalue weighted by molar-refractivity contribution is -0.159. The highest BCUT2D eigenvalue weighted by Crippen LogP contribution is 2.66. The van der Waals surface area contributed by atoms with Crippen molar-refractivity contribution >= 4 is 5.91 Å². The average molecular weight is 447 g/mol. The average Bonchev–Trinajstić information content (AvgIpc) is 3.39. The summed E-state index contributed by atoms with van der Waals surface area (Å²) in [6.45, 7) is 8.82. The molecule has 3 saturated carbocycles. The number of ether oxygens (including phenoxy) is 1. The summed E-state index contributed by atoms with van der Waals surface area (Å²) in [5.74, 6) is 3.53. The molecule has 2 aliphatic heterocycles. The summed E-state index contributed by atoms with van der Waals surface area (Å²) in [5, 5.41) is 18.0. The molecule has 3 aliphatic carbocycles. The number of hydrogen-bond acceptors (Lipinski definition) is 4. The van der Waals surface area contributed by atoms with Gasteiger partial charge in [-0.25, -0.2) is 0 Å². The number of aliphatic hydroxyl groups is 1. The third-order valence-electron chi connectivity index (χ3n) is 11.0. The van der Waals surface area contributed by atoms with Crippen LogP contribution in [0.25, 0.3) is 0 Å². The van der Waals surface area contributed by atoms with Gasteiger partial charge in [-0.2, -0.15) is 0 Å². The van der Waals surface area contributed by atoms with Crippen molar-refractivity contribution < 1.29 is 14.6 Å². The van der Waals surface area contributed by atoms with Crippen LogP contribution in [-0.2, 0) is 9.53 Å². The van der Waals surface area contributed by atoms with Crippen LogP contribution in [0.5, 0.6) is 0 Å². The molecule has 9 atom stereocenters. The van der Waals surface area contributed by atoms with E-state index >= 15 is 0 Å². The first-order chi connectivity index (χ1) is 15.4. The standard InChI is InChI=1S/C27H46N2O3/c1-26-11-9-22-25(23(30)15-19-16-28-13-12-27(19,22)2)21(26)8-7-18(26)5-3-4-6-24(31)29-20-10-14-32-17-20/h18-23,25,28,30H,3-17H2,1-2H3,(H,29,31). The zero-order valence-corrected chi connectivity index (χ0v) is 20.4. The molecule has 0 spiro atoms. The molecule has 3 N–H and O–H groups in total. The Morgan fingerprint density at radius 2 is 1.94 bits per heavy atom. The highest BCUT2D eigenvalue weighted by Gasteiger charge is 2.61. The molecule has 0 aromatic heterocycles. The lowest BCUT2D eigenvalue weighted by Gasteiger charge is -2.62. The second kappa shape index (κ2) is 9.19. The molecule has 0 aromatic rings. The van der Waals surface area contributed by atoms with E-state index in [9.17, 15) is 9.90 Å². The van der Waals surface area contributed by atoms with E-state index in [-0.39, 0.29) is 18.1 Å². The largest absolute Gasteiger partial charge is 0.393 e. The number of hydrogen-bond donors (Lipinski definition) is 3. The molecule has 5 aliphatic rings. The Hall–Kier alpha value is -0.650. The second-order valence-electron chi connectivity index (χ2n) is 12.4. The van der Waals surface area contributed by atoms with Gasteiger partial charge < -0.3 is 20.5 Å². The highest BCUT2D eigenvalue weighted by atomic mass is 16.5. The third-order valence-corrected chi connectivity index (χ3v) is 11.0. The fourth-order valence-corrected chi connectivity index (χ4v) is 9.07. The van der Waals surface area contributed by atoms with Gasteiger partial charge in [0.1, 0.15) is 0 Å². The molecule has 182 valence electrons. The molecule has 9 unspecified atom stereocenters. The van der Waals surface area contributed by atoms with E-state index in [2.05, 4.69) is 24.5 Å². The molecule has 32 heavy (non-hydrogen) atoms. The maximum absolute atomic E-state index is 12.2. The minimum absolute atomic E-state index is 0.107. The van der Waals surface area contributed by atoms with Crippen LogP contribution in [0.3, 0.4) is 0 Å². The summed E-state index contributed by atoms with van der Waals surface area (Å²) >= 11 is 0. The first-order valence-electron chi connectivity index (χ1n) is 13.7. The molecule has 0 bridgehead atoms. The maximum atomic E-state index is 12.2. The van der Waals surface area contributed by atoms with Gasteiger partial charge in [0.25, 0.3) is 0 Å². The summed E-state index contributed by atoms with van der Waals surface area (Å²) in [6, 6.07) is 0.232. The predicted octanol–water partition coefficient (Wildman–Crippen LogP) is 3.89. The smallest absolute Gasteiger partial charge is 0.220 e. The number of amides is 1.